The van der Waals surface area contributed by atoms with Gasteiger partial charge >= 0.3 is 0 Å². The molecule has 1 aliphatic heterocycles. The van der Waals surface area contributed by atoms with Crippen LogP contribution in [0, 0.1) is 0 Å². The van der Waals surface area contributed by atoms with Crippen LogP contribution in [0.1, 0.15) is 76.3 Å². The summed E-state index contributed by atoms with van der Waals surface area (Å²) in [6.45, 7) is 8.19. The summed E-state index contributed by atoms with van der Waals surface area (Å²) in [7, 11) is 0. The molecule has 0 atom stereocenters. The largest absolute Gasteiger partial charge is 0.487 e. The summed E-state index contributed by atoms with van der Waals surface area (Å²) in [5, 5.41) is 0. The van der Waals surface area contributed by atoms with E-state index >= 15 is 0 Å². The van der Waals surface area contributed by atoms with Crippen LogP contribution >= 0.6 is 0 Å². The minimum atomic E-state index is 0.448. The van der Waals surface area contributed by atoms with Gasteiger partial charge in [0.15, 0.2) is 23.0 Å². The van der Waals surface area contributed by atoms with Gasteiger partial charge in [0.2, 0.25) is 0 Å². The predicted octanol–water partition coefficient (Wildman–Crippen LogP) is 7.19. The molecule has 0 radical (unpaired) electrons. The van der Waals surface area contributed by atoms with Crippen molar-refractivity contribution in [1.82, 2.24) is 0 Å². The van der Waals surface area contributed by atoms with Gasteiger partial charge in [-0.3, -0.25) is 0 Å². The number of aryl methyl sites for hydroxylation is 2. The average molecular weight is 529 g/mol. The van der Waals surface area contributed by atoms with E-state index in [2.05, 4.69) is 38.1 Å². The third-order valence-corrected chi connectivity index (χ3v) is 6.60. The Kier molecular flexibility index (Phi) is 14.9. The van der Waals surface area contributed by atoms with Gasteiger partial charge in [0.25, 0.3) is 0 Å². The van der Waals surface area contributed by atoms with Crippen molar-refractivity contribution >= 4 is 0 Å². The van der Waals surface area contributed by atoms with Gasteiger partial charge in [-0.15, -0.1) is 0 Å². The molecule has 212 valence electrons. The van der Waals surface area contributed by atoms with Crippen LogP contribution in [0.25, 0.3) is 0 Å². The van der Waals surface area contributed by atoms with Crippen molar-refractivity contribution in [2.45, 2.75) is 78.1 Å². The van der Waals surface area contributed by atoms with Crippen LogP contribution in [-0.2, 0) is 22.3 Å². The maximum atomic E-state index is 6.08. The fourth-order valence-corrected chi connectivity index (χ4v) is 4.44. The zero-order valence-electron chi connectivity index (χ0n) is 23.6. The molecular formula is C32H48O6. The molecule has 0 N–H and O–H groups in total. The summed E-state index contributed by atoms with van der Waals surface area (Å²) < 4.78 is 35.7. The lowest BCUT2D eigenvalue weighted by atomic mass is 10.1. The number of unbranched alkanes of at least 4 members (excludes halogenated alkanes) is 6. The maximum absolute atomic E-state index is 6.08. The van der Waals surface area contributed by atoms with E-state index in [0.717, 1.165) is 35.8 Å². The minimum Gasteiger partial charge on any atom is -0.487 e. The molecule has 0 spiro atoms. The fraction of sp³-hybridized carbons (Fsp3) is 0.625. The molecule has 6 nitrogen and oxygen atoms in total. The zero-order chi connectivity index (χ0) is 26.7. The SMILES string of the molecule is CCCCCCc1ccc2c(c1)OCCOCCOc1cc(CCCCCC)ccc1OCCOCCO2. The fourth-order valence-electron chi connectivity index (χ4n) is 4.44. The third-order valence-electron chi connectivity index (χ3n) is 6.60. The van der Waals surface area contributed by atoms with E-state index in [4.69, 9.17) is 28.4 Å². The molecule has 0 aromatic heterocycles. The molecule has 0 saturated heterocycles. The summed E-state index contributed by atoms with van der Waals surface area (Å²) in [6, 6.07) is 12.5. The first kappa shape index (κ1) is 30.1. The van der Waals surface area contributed by atoms with E-state index in [-0.39, 0.29) is 0 Å². The molecule has 0 unspecified atom stereocenters. The Bertz CT molecular complexity index is 828. The summed E-state index contributed by atoms with van der Waals surface area (Å²) in [5.74, 6) is 3.02. The van der Waals surface area contributed by atoms with E-state index in [1.54, 1.807) is 0 Å². The molecule has 0 saturated carbocycles. The van der Waals surface area contributed by atoms with Crippen LogP contribution in [0.15, 0.2) is 36.4 Å². The molecule has 1 aliphatic rings. The summed E-state index contributed by atoms with van der Waals surface area (Å²) in [5.41, 5.74) is 2.55. The van der Waals surface area contributed by atoms with E-state index in [1.807, 2.05) is 12.1 Å². The predicted molar refractivity (Wildman–Crippen MR) is 152 cm³/mol. The first-order valence-electron chi connectivity index (χ1n) is 14.7. The lowest BCUT2D eigenvalue weighted by Crippen LogP contribution is -2.15. The average Bonchev–Trinajstić information content (AvgIpc) is 2.93. The van der Waals surface area contributed by atoms with Gasteiger partial charge in [0.05, 0.1) is 26.4 Å². The first-order chi connectivity index (χ1) is 18.8. The maximum Gasteiger partial charge on any atom is 0.161 e. The second kappa shape index (κ2) is 18.8. The van der Waals surface area contributed by atoms with E-state index in [1.165, 1.54) is 62.5 Å². The molecule has 0 fully saturated rings. The minimum absolute atomic E-state index is 0.448. The standard InChI is InChI=1S/C32H48O6/c1-3-5-7-9-11-27-13-15-29-31(25-27)37-23-19-34-20-24-38-32-26-28(12-10-8-6-4-2)14-16-30(32)36-22-18-33-17-21-35-29/h13-16,25-26H,3-12,17-24H2,1-2H3. The number of hydrogen-bond acceptors (Lipinski definition) is 6. The van der Waals surface area contributed by atoms with Gasteiger partial charge in [-0.05, 0) is 61.1 Å². The van der Waals surface area contributed by atoms with Crippen LogP contribution in [0.2, 0.25) is 0 Å². The van der Waals surface area contributed by atoms with Crippen LogP contribution in [0.3, 0.4) is 0 Å². The lowest BCUT2D eigenvalue weighted by molar-refractivity contribution is 0.0640. The summed E-state index contributed by atoms with van der Waals surface area (Å²) >= 11 is 0. The number of fused-ring (bicyclic) bond motifs is 2. The molecule has 0 aliphatic carbocycles. The first-order valence-corrected chi connectivity index (χ1v) is 14.7. The molecule has 0 bridgehead atoms. The van der Waals surface area contributed by atoms with Crippen molar-refractivity contribution in [3.8, 4) is 23.0 Å². The molecule has 2 aromatic carbocycles. The van der Waals surface area contributed by atoms with Crippen LogP contribution < -0.4 is 18.9 Å². The van der Waals surface area contributed by atoms with Crippen LogP contribution in [-0.4, -0.2) is 52.9 Å². The van der Waals surface area contributed by atoms with Crippen LogP contribution in [0.4, 0.5) is 0 Å². The van der Waals surface area contributed by atoms with Gasteiger partial charge in [0.1, 0.15) is 26.4 Å². The molecular weight excluding hydrogens is 480 g/mol. The van der Waals surface area contributed by atoms with Gasteiger partial charge < -0.3 is 28.4 Å². The summed E-state index contributed by atoms with van der Waals surface area (Å²) in [6.07, 6.45) is 12.0. The van der Waals surface area contributed by atoms with E-state index in [9.17, 15) is 0 Å². The Morgan fingerprint density at radius 1 is 0.447 bits per heavy atom. The highest BCUT2D eigenvalue weighted by Gasteiger charge is 2.10. The topological polar surface area (TPSA) is 55.4 Å². The van der Waals surface area contributed by atoms with Crippen LogP contribution in [0.5, 0.6) is 23.0 Å². The van der Waals surface area contributed by atoms with E-state index in [0.29, 0.717) is 52.9 Å². The molecule has 38 heavy (non-hydrogen) atoms. The molecule has 2 aromatic rings. The van der Waals surface area contributed by atoms with Gasteiger partial charge in [-0.1, -0.05) is 64.5 Å². The molecule has 1 heterocycles. The second-order valence-electron chi connectivity index (χ2n) is 9.80. The highest BCUT2D eigenvalue weighted by Crippen LogP contribution is 2.30. The molecule has 3 rings (SSSR count). The number of ether oxygens (including phenoxy) is 6. The second-order valence-corrected chi connectivity index (χ2v) is 9.80. The number of benzene rings is 2. The van der Waals surface area contributed by atoms with Gasteiger partial charge in [-0.25, -0.2) is 0 Å². The highest BCUT2D eigenvalue weighted by molar-refractivity contribution is 5.44. The molecule has 0 amide bonds. The van der Waals surface area contributed by atoms with Crippen molar-refractivity contribution in [2.75, 3.05) is 52.9 Å². The quantitative estimate of drug-likeness (QED) is 0.304. The highest BCUT2D eigenvalue weighted by atomic mass is 16.6. The van der Waals surface area contributed by atoms with Crippen molar-refractivity contribution in [3.05, 3.63) is 47.5 Å². The van der Waals surface area contributed by atoms with E-state index < -0.39 is 0 Å². The monoisotopic (exact) mass is 528 g/mol. The molecule has 6 heteroatoms. The normalized spacial score (nSPS) is 15.4. The third kappa shape index (κ3) is 11.5. The van der Waals surface area contributed by atoms with Crippen molar-refractivity contribution in [3.63, 3.8) is 0 Å². The van der Waals surface area contributed by atoms with Crippen molar-refractivity contribution in [1.29, 1.82) is 0 Å². The Morgan fingerprint density at radius 2 is 0.842 bits per heavy atom. The summed E-state index contributed by atoms with van der Waals surface area (Å²) in [4.78, 5) is 0. The van der Waals surface area contributed by atoms with Gasteiger partial charge in [0, 0.05) is 0 Å². The zero-order valence-corrected chi connectivity index (χ0v) is 23.6. The van der Waals surface area contributed by atoms with Crippen molar-refractivity contribution in [2.24, 2.45) is 0 Å². The Balaban J connectivity index is 1.55. The Morgan fingerprint density at radius 3 is 1.24 bits per heavy atom. The van der Waals surface area contributed by atoms with Gasteiger partial charge in [-0.2, -0.15) is 0 Å². The number of hydrogen-bond donors (Lipinski definition) is 0. The smallest absolute Gasteiger partial charge is 0.161 e. The lowest BCUT2D eigenvalue weighted by Gasteiger charge is -2.17. The number of rotatable bonds is 10. The van der Waals surface area contributed by atoms with Crippen molar-refractivity contribution < 1.29 is 28.4 Å². The Labute approximate surface area is 229 Å². The Hall–Kier alpha value is -2.44.